The van der Waals surface area contributed by atoms with Crippen molar-refractivity contribution in [3.05, 3.63) is 30.2 Å². The van der Waals surface area contributed by atoms with E-state index in [1.165, 1.54) is 12.4 Å². The molecule has 2 aromatic heterocycles. The van der Waals surface area contributed by atoms with Crippen LogP contribution in [0.4, 0.5) is 0 Å². The van der Waals surface area contributed by atoms with E-state index in [2.05, 4.69) is 20.4 Å². The van der Waals surface area contributed by atoms with Crippen LogP contribution in [0.2, 0.25) is 0 Å². The number of carbonyl (C=O) groups is 1. The molecular formula is C8H6N4O2. The van der Waals surface area contributed by atoms with E-state index in [-0.39, 0.29) is 5.69 Å². The van der Waals surface area contributed by atoms with Gasteiger partial charge in [0.1, 0.15) is 0 Å². The fraction of sp³-hybridized carbons (Fsp3) is 0. The number of hydrogen-bond acceptors (Lipinski definition) is 4. The molecule has 2 rings (SSSR count). The largest absolute Gasteiger partial charge is 0.477 e. The first-order chi connectivity index (χ1) is 6.79. The second-order valence-electron chi connectivity index (χ2n) is 2.57. The van der Waals surface area contributed by atoms with Gasteiger partial charge >= 0.3 is 5.97 Å². The number of H-pyrrole nitrogens is 1. The third-order valence-electron chi connectivity index (χ3n) is 1.70. The fourth-order valence-electron chi connectivity index (χ4n) is 1.09. The van der Waals surface area contributed by atoms with Crippen molar-refractivity contribution in [2.45, 2.75) is 0 Å². The Balaban J connectivity index is 2.52. The summed E-state index contributed by atoms with van der Waals surface area (Å²) in [7, 11) is 0. The van der Waals surface area contributed by atoms with Crippen LogP contribution in [0.15, 0.2) is 24.5 Å². The quantitative estimate of drug-likeness (QED) is 0.722. The molecule has 2 heterocycles. The Bertz CT molecular complexity index is 451. The summed E-state index contributed by atoms with van der Waals surface area (Å²) in [5, 5.41) is 22.3. The van der Waals surface area contributed by atoms with Gasteiger partial charge in [-0.15, -0.1) is 0 Å². The predicted octanol–water partition coefficient (Wildman–Crippen LogP) is 0.565. The van der Waals surface area contributed by atoms with E-state index in [1.807, 2.05) is 0 Å². The van der Waals surface area contributed by atoms with Gasteiger partial charge in [0, 0.05) is 6.20 Å². The first-order valence-electron chi connectivity index (χ1n) is 3.84. The van der Waals surface area contributed by atoms with Crippen molar-refractivity contribution in [2.24, 2.45) is 0 Å². The summed E-state index contributed by atoms with van der Waals surface area (Å²) in [5.41, 5.74) is 0.940. The number of aromatic amines is 1. The summed E-state index contributed by atoms with van der Waals surface area (Å²) in [6.07, 6.45) is 2.93. The molecule has 0 bridgehead atoms. The van der Waals surface area contributed by atoms with Gasteiger partial charge in [0.2, 0.25) is 0 Å². The van der Waals surface area contributed by atoms with Crippen LogP contribution >= 0.6 is 0 Å². The average molecular weight is 190 g/mol. The molecule has 14 heavy (non-hydrogen) atoms. The van der Waals surface area contributed by atoms with Crippen LogP contribution in [0.25, 0.3) is 11.3 Å². The molecule has 6 heteroatoms. The van der Waals surface area contributed by atoms with Crippen molar-refractivity contribution >= 4 is 5.97 Å². The normalized spacial score (nSPS) is 10.0. The number of nitrogens with one attached hydrogen (secondary N) is 1. The van der Waals surface area contributed by atoms with Crippen LogP contribution in [-0.4, -0.2) is 31.5 Å². The van der Waals surface area contributed by atoms with Crippen molar-refractivity contribution in [1.29, 1.82) is 0 Å². The molecule has 0 spiro atoms. The molecule has 70 valence electrons. The minimum absolute atomic E-state index is 0.0190. The van der Waals surface area contributed by atoms with Gasteiger partial charge in [0.25, 0.3) is 0 Å². The molecule has 2 aromatic rings. The van der Waals surface area contributed by atoms with Crippen molar-refractivity contribution in [1.82, 2.24) is 20.4 Å². The second kappa shape index (κ2) is 3.25. The highest BCUT2D eigenvalue weighted by atomic mass is 16.4. The maximum absolute atomic E-state index is 10.7. The van der Waals surface area contributed by atoms with Gasteiger partial charge in [-0.1, -0.05) is 0 Å². The number of rotatable bonds is 2. The molecule has 0 saturated carbocycles. The van der Waals surface area contributed by atoms with Gasteiger partial charge in [-0.05, 0) is 12.1 Å². The topological polar surface area (TPSA) is 91.8 Å². The maximum Gasteiger partial charge on any atom is 0.354 e. The maximum atomic E-state index is 10.7. The number of nitrogens with zero attached hydrogens (tertiary/aromatic N) is 3. The highest BCUT2D eigenvalue weighted by molar-refractivity contribution is 5.92. The van der Waals surface area contributed by atoms with Crippen molar-refractivity contribution < 1.29 is 9.90 Å². The molecule has 0 unspecified atom stereocenters. The molecule has 0 amide bonds. The van der Waals surface area contributed by atoms with E-state index in [0.717, 1.165) is 0 Å². The molecule has 0 fully saturated rings. The van der Waals surface area contributed by atoms with Gasteiger partial charge in [-0.25, -0.2) is 4.79 Å². The van der Waals surface area contributed by atoms with Gasteiger partial charge in [0.15, 0.2) is 5.69 Å². The lowest BCUT2D eigenvalue weighted by atomic mass is 10.2. The Hall–Kier alpha value is -2.24. The van der Waals surface area contributed by atoms with E-state index < -0.39 is 5.97 Å². The Kier molecular flexibility index (Phi) is 1.94. The minimum atomic E-state index is -1.07. The van der Waals surface area contributed by atoms with E-state index in [9.17, 15) is 4.79 Å². The predicted molar refractivity (Wildman–Crippen MR) is 46.6 cm³/mol. The number of aromatic nitrogens is 4. The molecule has 6 nitrogen and oxygen atoms in total. The zero-order valence-electron chi connectivity index (χ0n) is 7.01. The lowest BCUT2D eigenvalue weighted by Crippen LogP contribution is -1.99. The Morgan fingerprint density at radius 2 is 2.36 bits per heavy atom. The Labute approximate surface area is 78.6 Å². The first-order valence-corrected chi connectivity index (χ1v) is 3.84. The number of hydrogen-bond donors (Lipinski definition) is 2. The molecule has 0 atom stereocenters. The lowest BCUT2D eigenvalue weighted by molar-refractivity contribution is 0.0691. The van der Waals surface area contributed by atoms with Gasteiger partial charge in [0.05, 0.1) is 17.5 Å². The third kappa shape index (κ3) is 1.33. The van der Waals surface area contributed by atoms with Crippen LogP contribution in [-0.2, 0) is 0 Å². The molecule has 2 N–H and O–H groups in total. The molecule has 0 saturated heterocycles. The second-order valence-corrected chi connectivity index (χ2v) is 2.57. The average Bonchev–Trinajstić information content (AvgIpc) is 2.67. The van der Waals surface area contributed by atoms with Gasteiger partial charge < -0.3 is 5.11 Å². The SMILES string of the molecule is O=C(O)c1[nH]ncc1-c1cccnn1. The Morgan fingerprint density at radius 1 is 1.50 bits per heavy atom. The smallest absolute Gasteiger partial charge is 0.354 e. The van der Waals surface area contributed by atoms with E-state index in [0.29, 0.717) is 11.3 Å². The summed E-state index contributed by atoms with van der Waals surface area (Å²) >= 11 is 0. The van der Waals surface area contributed by atoms with Crippen LogP contribution in [0, 0.1) is 0 Å². The van der Waals surface area contributed by atoms with Crippen molar-refractivity contribution in [3.63, 3.8) is 0 Å². The lowest BCUT2D eigenvalue weighted by Gasteiger charge is -1.95. The summed E-state index contributed by atoms with van der Waals surface area (Å²) in [4.78, 5) is 10.7. The summed E-state index contributed by atoms with van der Waals surface area (Å²) in [6, 6.07) is 3.35. The fourth-order valence-corrected chi connectivity index (χ4v) is 1.09. The molecular weight excluding hydrogens is 184 g/mol. The van der Waals surface area contributed by atoms with Gasteiger partial charge in [-0.3, -0.25) is 5.10 Å². The van der Waals surface area contributed by atoms with E-state index in [1.54, 1.807) is 12.1 Å². The number of carboxylic acid groups (broad SMARTS) is 1. The van der Waals surface area contributed by atoms with Crippen LogP contribution in [0.5, 0.6) is 0 Å². The standard InChI is InChI=1S/C8H6N4O2/c13-8(14)7-5(4-10-12-7)6-2-1-3-9-11-6/h1-4H,(H,10,12)(H,13,14). The third-order valence-corrected chi connectivity index (χ3v) is 1.70. The Morgan fingerprint density at radius 3 is 3.00 bits per heavy atom. The highest BCUT2D eigenvalue weighted by Crippen LogP contribution is 2.18. The first kappa shape index (κ1) is 8.36. The van der Waals surface area contributed by atoms with Crippen molar-refractivity contribution in [3.8, 4) is 11.3 Å². The van der Waals surface area contributed by atoms with E-state index >= 15 is 0 Å². The molecule has 0 aliphatic heterocycles. The molecule has 0 aromatic carbocycles. The van der Waals surface area contributed by atoms with Gasteiger partial charge in [-0.2, -0.15) is 15.3 Å². The summed E-state index contributed by atoms with van der Waals surface area (Å²) in [5.74, 6) is -1.07. The zero-order chi connectivity index (χ0) is 9.97. The zero-order valence-corrected chi connectivity index (χ0v) is 7.01. The molecule has 0 aliphatic carbocycles. The van der Waals surface area contributed by atoms with E-state index in [4.69, 9.17) is 5.11 Å². The summed E-state index contributed by atoms with van der Waals surface area (Å²) < 4.78 is 0. The highest BCUT2D eigenvalue weighted by Gasteiger charge is 2.14. The number of aromatic carboxylic acids is 1. The van der Waals surface area contributed by atoms with Crippen LogP contribution in [0.3, 0.4) is 0 Å². The van der Waals surface area contributed by atoms with Crippen LogP contribution in [0.1, 0.15) is 10.5 Å². The van der Waals surface area contributed by atoms with Crippen LogP contribution < -0.4 is 0 Å². The molecule has 0 radical (unpaired) electrons. The monoisotopic (exact) mass is 190 g/mol. The minimum Gasteiger partial charge on any atom is -0.477 e. The molecule has 0 aliphatic rings. The van der Waals surface area contributed by atoms with Crippen molar-refractivity contribution in [2.75, 3.05) is 0 Å². The summed E-state index contributed by atoms with van der Waals surface area (Å²) in [6.45, 7) is 0. The number of carboxylic acids is 1.